The monoisotopic (exact) mass is 268 g/mol. The molecule has 2 unspecified atom stereocenters. The molecule has 0 saturated carbocycles. The molecule has 1 N–H and O–H groups in total. The van der Waals surface area contributed by atoms with Gasteiger partial charge in [0.2, 0.25) is 5.91 Å². The van der Waals surface area contributed by atoms with Crippen molar-refractivity contribution in [2.45, 2.75) is 51.6 Å². The normalized spacial score (nSPS) is 27.9. The zero-order valence-electron chi connectivity index (χ0n) is 12.2. The van der Waals surface area contributed by atoms with Gasteiger partial charge in [-0.2, -0.15) is 0 Å². The zero-order valence-corrected chi connectivity index (χ0v) is 12.2. The van der Waals surface area contributed by atoms with Gasteiger partial charge in [-0.1, -0.05) is 19.3 Å². The second-order valence-electron chi connectivity index (χ2n) is 6.17. The van der Waals surface area contributed by atoms with E-state index < -0.39 is 0 Å². The Balaban J connectivity index is 1.77. The minimum Gasteiger partial charge on any atom is -0.393 e. The highest BCUT2D eigenvalue weighted by Crippen LogP contribution is 2.19. The molecule has 1 amide bonds. The first-order valence-electron chi connectivity index (χ1n) is 7.85. The van der Waals surface area contributed by atoms with Crippen molar-refractivity contribution in [2.75, 3.05) is 32.7 Å². The standard InChI is InChI=1S/C15H28N2O2/c1-13(18)14-7-10-16(11-14)12-15(19)17-8-5-3-2-4-6-9-17/h13-14,18H,2-12H2,1H3. The molecule has 0 bridgehead atoms. The lowest BCUT2D eigenvalue weighted by atomic mass is 10.0. The number of nitrogens with zero attached hydrogens (tertiary/aromatic N) is 2. The number of rotatable bonds is 3. The smallest absolute Gasteiger partial charge is 0.236 e. The fourth-order valence-corrected chi connectivity index (χ4v) is 3.19. The molecule has 4 nitrogen and oxygen atoms in total. The first-order valence-corrected chi connectivity index (χ1v) is 7.85. The molecule has 19 heavy (non-hydrogen) atoms. The molecule has 0 aromatic carbocycles. The molecule has 0 radical (unpaired) electrons. The van der Waals surface area contributed by atoms with Gasteiger partial charge in [0.15, 0.2) is 0 Å². The van der Waals surface area contributed by atoms with E-state index in [1.165, 1.54) is 19.3 Å². The van der Waals surface area contributed by atoms with Crippen LogP contribution in [-0.4, -0.2) is 59.6 Å². The molecule has 2 aliphatic rings. The van der Waals surface area contributed by atoms with Gasteiger partial charge in [0, 0.05) is 19.6 Å². The van der Waals surface area contributed by atoms with Gasteiger partial charge in [-0.15, -0.1) is 0 Å². The van der Waals surface area contributed by atoms with Gasteiger partial charge in [-0.25, -0.2) is 0 Å². The maximum atomic E-state index is 12.3. The third-order valence-corrected chi connectivity index (χ3v) is 4.56. The molecular formula is C15H28N2O2. The summed E-state index contributed by atoms with van der Waals surface area (Å²) in [6.07, 6.45) is 6.93. The van der Waals surface area contributed by atoms with Crippen molar-refractivity contribution in [1.29, 1.82) is 0 Å². The third kappa shape index (κ3) is 4.46. The van der Waals surface area contributed by atoms with E-state index in [-0.39, 0.29) is 12.0 Å². The van der Waals surface area contributed by atoms with Crippen molar-refractivity contribution < 1.29 is 9.90 Å². The van der Waals surface area contributed by atoms with Crippen LogP contribution in [0, 0.1) is 5.92 Å². The maximum Gasteiger partial charge on any atom is 0.236 e. The predicted octanol–water partition coefficient (Wildman–Crippen LogP) is 1.48. The van der Waals surface area contributed by atoms with Gasteiger partial charge in [0.25, 0.3) is 0 Å². The van der Waals surface area contributed by atoms with Crippen molar-refractivity contribution in [3.63, 3.8) is 0 Å². The summed E-state index contributed by atoms with van der Waals surface area (Å²) in [7, 11) is 0. The van der Waals surface area contributed by atoms with Crippen molar-refractivity contribution in [1.82, 2.24) is 9.80 Å². The fraction of sp³-hybridized carbons (Fsp3) is 0.933. The Morgan fingerprint density at radius 1 is 1.16 bits per heavy atom. The second kappa shape index (κ2) is 7.25. The Morgan fingerprint density at radius 2 is 1.79 bits per heavy atom. The van der Waals surface area contributed by atoms with Gasteiger partial charge in [-0.05, 0) is 38.6 Å². The van der Waals surface area contributed by atoms with Crippen LogP contribution in [-0.2, 0) is 4.79 Å². The van der Waals surface area contributed by atoms with Crippen molar-refractivity contribution in [3.05, 3.63) is 0 Å². The molecule has 2 aliphatic heterocycles. The zero-order chi connectivity index (χ0) is 13.7. The Kier molecular flexibility index (Phi) is 5.64. The molecule has 0 spiro atoms. The number of aliphatic hydroxyl groups excluding tert-OH is 1. The molecule has 2 rings (SSSR count). The molecule has 110 valence electrons. The fourth-order valence-electron chi connectivity index (χ4n) is 3.19. The lowest BCUT2D eigenvalue weighted by molar-refractivity contribution is -0.132. The largest absolute Gasteiger partial charge is 0.393 e. The summed E-state index contributed by atoms with van der Waals surface area (Å²) in [6, 6.07) is 0. The summed E-state index contributed by atoms with van der Waals surface area (Å²) in [5.41, 5.74) is 0. The summed E-state index contributed by atoms with van der Waals surface area (Å²) < 4.78 is 0. The SMILES string of the molecule is CC(O)C1CCN(CC(=O)N2CCCCCCC2)C1. The summed E-state index contributed by atoms with van der Waals surface area (Å²) in [5, 5.41) is 9.60. The molecular weight excluding hydrogens is 240 g/mol. The van der Waals surface area contributed by atoms with E-state index in [9.17, 15) is 9.90 Å². The topological polar surface area (TPSA) is 43.8 Å². The highest BCUT2D eigenvalue weighted by atomic mass is 16.3. The molecule has 0 aromatic rings. The Bertz CT molecular complexity index is 286. The van der Waals surface area contributed by atoms with E-state index in [0.29, 0.717) is 12.5 Å². The summed E-state index contributed by atoms with van der Waals surface area (Å²) >= 11 is 0. The Hall–Kier alpha value is -0.610. The van der Waals surface area contributed by atoms with Gasteiger partial charge in [0.05, 0.1) is 12.6 Å². The van der Waals surface area contributed by atoms with Crippen LogP contribution in [0.25, 0.3) is 0 Å². The number of hydrogen-bond acceptors (Lipinski definition) is 3. The minimum absolute atomic E-state index is 0.248. The van der Waals surface area contributed by atoms with Crippen LogP contribution < -0.4 is 0 Å². The first kappa shape index (κ1) is 14.8. The lowest BCUT2D eigenvalue weighted by Gasteiger charge is -2.27. The van der Waals surface area contributed by atoms with Crippen LogP contribution in [0.15, 0.2) is 0 Å². The van der Waals surface area contributed by atoms with Gasteiger partial charge < -0.3 is 10.0 Å². The van der Waals surface area contributed by atoms with E-state index in [2.05, 4.69) is 9.80 Å². The van der Waals surface area contributed by atoms with Crippen molar-refractivity contribution >= 4 is 5.91 Å². The Morgan fingerprint density at radius 3 is 2.37 bits per heavy atom. The van der Waals surface area contributed by atoms with Crippen LogP contribution >= 0.6 is 0 Å². The molecule has 2 fully saturated rings. The highest BCUT2D eigenvalue weighted by Gasteiger charge is 2.28. The molecule has 2 heterocycles. The second-order valence-corrected chi connectivity index (χ2v) is 6.17. The Labute approximate surface area is 116 Å². The van der Waals surface area contributed by atoms with Crippen LogP contribution in [0.3, 0.4) is 0 Å². The molecule has 2 saturated heterocycles. The summed E-state index contributed by atoms with van der Waals surface area (Å²) in [6.45, 7) is 6.10. The number of hydrogen-bond donors (Lipinski definition) is 1. The van der Waals surface area contributed by atoms with Crippen LogP contribution in [0.2, 0.25) is 0 Å². The minimum atomic E-state index is -0.248. The van der Waals surface area contributed by atoms with Crippen molar-refractivity contribution in [3.8, 4) is 0 Å². The number of amides is 1. The van der Waals surface area contributed by atoms with Crippen molar-refractivity contribution in [2.24, 2.45) is 5.92 Å². The molecule has 4 heteroatoms. The van der Waals surface area contributed by atoms with Crippen LogP contribution in [0.5, 0.6) is 0 Å². The molecule has 0 aromatic heterocycles. The van der Waals surface area contributed by atoms with E-state index in [4.69, 9.17) is 0 Å². The average Bonchev–Trinajstić information content (AvgIpc) is 2.76. The van der Waals surface area contributed by atoms with E-state index >= 15 is 0 Å². The average molecular weight is 268 g/mol. The number of aliphatic hydroxyl groups is 1. The van der Waals surface area contributed by atoms with Gasteiger partial charge >= 0.3 is 0 Å². The third-order valence-electron chi connectivity index (χ3n) is 4.56. The number of carbonyl (C=O) groups is 1. The first-order chi connectivity index (χ1) is 9.16. The summed E-state index contributed by atoms with van der Waals surface area (Å²) in [4.78, 5) is 16.6. The predicted molar refractivity (Wildman–Crippen MR) is 75.9 cm³/mol. The van der Waals surface area contributed by atoms with Gasteiger partial charge in [0.1, 0.15) is 0 Å². The number of likely N-dealkylation sites (tertiary alicyclic amines) is 2. The summed E-state index contributed by atoms with van der Waals surface area (Å²) in [5.74, 6) is 0.633. The quantitative estimate of drug-likeness (QED) is 0.843. The van der Waals surface area contributed by atoms with E-state index in [1.807, 2.05) is 6.92 Å². The van der Waals surface area contributed by atoms with Crippen LogP contribution in [0.4, 0.5) is 0 Å². The van der Waals surface area contributed by atoms with E-state index in [0.717, 1.165) is 45.4 Å². The number of carbonyl (C=O) groups excluding carboxylic acids is 1. The maximum absolute atomic E-state index is 12.3. The molecule has 2 atom stereocenters. The highest BCUT2D eigenvalue weighted by molar-refractivity contribution is 5.78. The van der Waals surface area contributed by atoms with Crippen LogP contribution in [0.1, 0.15) is 45.4 Å². The lowest BCUT2D eigenvalue weighted by Crippen LogP contribution is -2.41. The molecule has 0 aliphatic carbocycles. The van der Waals surface area contributed by atoms with E-state index in [1.54, 1.807) is 0 Å². The van der Waals surface area contributed by atoms with Gasteiger partial charge in [-0.3, -0.25) is 9.69 Å².